The third-order valence-electron chi connectivity index (χ3n) is 4.27. The minimum atomic E-state index is -0.307. The molecule has 0 amide bonds. The predicted octanol–water partition coefficient (Wildman–Crippen LogP) is 2.37. The Morgan fingerprint density at radius 3 is 2.60 bits per heavy atom. The number of hydrogen-bond donors (Lipinski definition) is 0. The van der Waals surface area contributed by atoms with E-state index < -0.39 is 0 Å². The summed E-state index contributed by atoms with van der Waals surface area (Å²) in [7, 11) is 1.45. The minimum absolute atomic E-state index is 0.176. The molecule has 0 N–H and O–H groups in total. The fraction of sp³-hybridized carbons (Fsp3) is 0.750. The van der Waals surface area contributed by atoms with Gasteiger partial charge in [0.2, 0.25) is 0 Å². The molecule has 0 aromatic heterocycles. The second-order valence-electron chi connectivity index (χ2n) is 6.29. The maximum absolute atomic E-state index is 12.1. The van der Waals surface area contributed by atoms with Gasteiger partial charge in [0.25, 0.3) is 0 Å². The highest BCUT2D eigenvalue weighted by Gasteiger charge is 2.46. The highest BCUT2D eigenvalue weighted by molar-refractivity contribution is 5.95. The van der Waals surface area contributed by atoms with Crippen molar-refractivity contribution < 1.29 is 18.8 Å². The Kier molecular flexibility index (Phi) is 4.51. The van der Waals surface area contributed by atoms with E-state index in [9.17, 15) is 4.79 Å². The summed E-state index contributed by atoms with van der Waals surface area (Å²) >= 11 is 0. The monoisotopic (exact) mass is 280 g/mol. The average Bonchev–Trinajstić information content (AvgIpc) is 2.90. The summed E-state index contributed by atoms with van der Waals surface area (Å²) in [5, 5.41) is 0. The second kappa shape index (κ2) is 5.98. The Morgan fingerprint density at radius 1 is 1.40 bits per heavy atom. The van der Waals surface area contributed by atoms with E-state index >= 15 is 0 Å². The van der Waals surface area contributed by atoms with Crippen molar-refractivity contribution in [3.63, 3.8) is 0 Å². The molecule has 0 spiro atoms. The van der Waals surface area contributed by atoms with Crippen LogP contribution in [0.4, 0.5) is 0 Å². The van der Waals surface area contributed by atoms with Gasteiger partial charge in [0, 0.05) is 25.3 Å². The molecule has 1 aliphatic carbocycles. The summed E-state index contributed by atoms with van der Waals surface area (Å²) < 4.78 is 13.2. The van der Waals surface area contributed by atoms with E-state index in [1.165, 1.54) is 25.7 Å². The van der Waals surface area contributed by atoms with Crippen LogP contribution in [0.15, 0.2) is 11.8 Å². The van der Waals surface area contributed by atoms with Crippen molar-refractivity contribution >= 4 is 11.7 Å². The van der Waals surface area contributed by atoms with Crippen LogP contribution in [0.1, 0.15) is 40.0 Å². The fourth-order valence-corrected chi connectivity index (χ4v) is 3.30. The first-order valence-corrected chi connectivity index (χ1v) is 7.52. The van der Waals surface area contributed by atoms with Gasteiger partial charge in [-0.05, 0) is 12.3 Å². The molecule has 4 nitrogen and oxygen atoms in total. The maximum atomic E-state index is 12.1. The molecule has 20 heavy (non-hydrogen) atoms. The molecule has 1 heterocycles. The molecule has 4 heteroatoms. The predicted molar refractivity (Wildman–Crippen MR) is 77.8 cm³/mol. The van der Waals surface area contributed by atoms with Gasteiger partial charge in [-0.15, -0.1) is 0 Å². The SMILES string of the molecule is CCOC1=CC(=[N+]2CCCC2)CC(C)(C)C1C(=O)OC. The third-order valence-corrected chi connectivity index (χ3v) is 4.27. The third kappa shape index (κ3) is 2.89. The molecule has 1 fully saturated rings. The zero-order valence-corrected chi connectivity index (χ0v) is 13.1. The van der Waals surface area contributed by atoms with E-state index in [1.54, 1.807) is 0 Å². The van der Waals surface area contributed by atoms with Crippen LogP contribution >= 0.6 is 0 Å². The number of hydrogen-bond acceptors (Lipinski definition) is 3. The molecule has 112 valence electrons. The molecule has 0 aromatic rings. The van der Waals surface area contributed by atoms with Crippen molar-refractivity contribution in [2.45, 2.75) is 40.0 Å². The Bertz CT molecular complexity index is 441. The quantitative estimate of drug-likeness (QED) is 0.588. The molecule has 1 atom stereocenters. The number of nitrogens with zero attached hydrogens (tertiary/aromatic N) is 1. The largest absolute Gasteiger partial charge is 0.497 e. The molecule has 1 aliphatic heterocycles. The lowest BCUT2D eigenvalue weighted by atomic mass is 9.70. The van der Waals surface area contributed by atoms with E-state index in [2.05, 4.69) is 24.5 Å². The van der Waals surface area contributed by atoms with Crippen molar-refractivity contribution in [1.29, 1.82) is 0 Å². The Labute approximate surface area is 121 Å². The minimum Gasteiger partial charge on any atom is -0.497 e. The summed E-state index contributed by atoms with van der Waals surface area (Å²) in [5.41, 5.74) is 1.13. The molecule has 0 saturated carbocycles. The van der Waals surface area contributed by atoms with Gasteiger partial charge < -0.3 is 9.47 Å². The van der Waals surface area contributed by atoms with Crippen LogP contribution in [0.5, 0.6) is 0 Å². The van der Waals surface area contributed by atoms with E-state index in [0.29, 0.717) is 6.61 Å². The van der Waals surface area contributed by atoms with Gasteiger partial charge in [-0.1, -0.05) is 13.8 Å². The highest BCUT2D eigenvalue weighted by atomic mass is 16.5. The first kappa shape index (κ1) is 15.1. The lowest BCUT2D eigenvalue weighted by molar-refractivity contribution is -0.507. The Hall–Kier alpha value is -1.32. The van der Waals surface area contributed by atoms with Crippen molar-refractivity contribution in [3.8, 4) is 0 Å². The standard InChI is InChI=1S/C16H26NO3/c1-5-20-13-10-12(17-8-6-7-9-17)11-16(2,3)14(13)15(18)19-4/h10,14H,5-9,11H2,1-4H3/q+1. The lowest BCUT2D eigenvalue weighted by Gasteiger charge is -2.36. The van der Waals surface area contributed by atoms with E-state index in [1.807, 2.05) is 6.92 Å². The van der Waals surface area contributed by atoms with Crippen LogP contribution < -0.4 is 0 Å². The number of allylic oxidation sites excluding steroid dienone is 1. The molecule has 0 radical (unpaired) electrons. The molecule has 1 saturated heterocycles. The van der Waals surface area contributed by atoms with Crippen LogP contribution in [-0.4, -0.2) is 43.1 Å². The molecule has 0 bridgehead atoms. The first-order valence-electron chi connectivity index (χ1n) is 7.52. The summed E-state index contributed by atoms with van der Waals surface area (Å²) in [6.45, 7) is 9.00. The van der Waals surface area contributed by atoms with E-state index in [-0.39, 0.29) is 17.3 Å². The molecular formula is C16H26NO3+. The highest BCUT2D eigenvalue weighted by Crippen LogP contribution is 2.41. The molecule has 2 aliphatic rings. The topological polar surface area (TPSA) is 38.5 Å². The van der Waals surface area contributed by atoms with E-state index in [0.717, 1.165) is 25.3 Å². The maximum Gasteiger partial charge on any atom is 0.316 e. The van der Waals surface area contributed by atoms with E-state index in [4.69, 9.17) is 9.47 Å². The zero-order valence-electron chi connectivity index (χ0n) is 13.1. The fourth-order valence-electron chi connectivity index (χ4n) is 3.30. The van der Waals surface area contributed by atoms with Crippen LogP contribution in [-0.2, 0) is 14.3 Å². The van der Waals surface area contributed by atoms with Crippen LogP contribution in [0.2, 0.25) is 0 Å². The second-order valence-corrected chi connectivity index (χ2v) is 6.29. The average molecular weight is 280 g/mol. The molecular weight excluding hydrogens is 254 g/mol. The number of esters is 1. The number of methoxy groups -OCH3 is 1. The molecule has 2 rings (SSSR count). The lowest BCUT2D eigenvalue weighted by Crippen LogP contribution is -2.41. The summed E-state index contributed by atoms with van der Waals surface area (Å²) in [6, 6.07) is 0. The normalized spacial score (nSPS) is 25.4. The Balaban J connectivity index is 2.41. The van der Waals surface area contributed by atoms with Gasteiger partial charge >= 0.3 is 5.97 Å². The van der Waals surface area contributed by atoms with Crippen molar-refractivity contribution in [2.24, 2.45) is 11.3 Å². The van der Waals surface area contributed by atoms with Gasteiger partial charge in [-0.3, -0.25) is 4.79 Å². The van der Waals surface area contributed by atoms with Gasteiger partial charge in [0.15, 0.2) is 5.71 Å². The zero-order chi connectivity index (χ0) is 14.8. The molecule has 1 unspecified atom stereocenters. The number of carbonyl (C=O) groups excluding carboxylic acids is 1. The summed E-state index contributed by atoms with van der Waals surface area (Å²) in [4.78, 5) is 12.1. The van der Waals surface area contributed by atoms with Gasteiger partial charge in [0.1, 0.15) is 24.8 Å². The van der Waals surface area contributed by atoms with Gasteiger partial charge in [-0.2, -0.15) is 0 Å². The Morgan fingerprint density at radius 2 is 2.05 bits per heavy atom. The van der Waals surface area contributed by atoms with Crippen molar-refractivity contribution in [2.75, 3.05) is 26.8 Å². The smallest absolute Gasteiger partial charge is 0.316 e. The summed E-state index contributed by atoms with van der Waals surface area (Å²) in [6.07, 6.45) is 5.47. The number of ether oxygens (including phenoxy) is 2. The summed E-state index contributed by atoms with van der Waals surface area (Å²) in [5.74, 6) is 0.256. The van der Waals surface area contributed by atoms with Crippen LogP contribution in [0, 0.1) is 11.3 Å². The van der Waals surface area contributed by atoms with Crippen LogP contribution in [0.3, 0.4) is 0 Å². The number of rotatable bonds is 3. The van der Waals surface area contributed by atoms with Crippen molar-refractivity contribution in [1.82, 2.24) is 0 Å². The van der Waals surface area contributed by atoms with Gasteiger partial charge in [0.05, 0.1) is 13.7 Å². The number of carbonyl (C=O) groups is 1. The molecule has 0 aromatic carbocycles. The van der Waals surface area contributed by atoms with Crippen LogP contribution in [0.25, 0.3) is 0 Å². The van der Waals surface area contributed by atoms with Crippen molar-refractivity contribution in [3.05, 3.63) is 11.8 Å². The first-order chi connectivity index (χ1) is 9.49. The van der Waals surface area contributed by atoms with Gasteiger partial charge in [-0.25, -0.2) is 4.58 Å².